The van der Waals surface area contributed by atoms with Gasteiger partial charge in [-0.05, 0) is 59.8 Å². The predicted molar refractivity (Wildman–Crippen MR) is 99.2 cm³/mol. The summed E-state index contributed by atoms with van der Waals surface area (Å²) in [5, 5.41) is 5.02. The fourth-order valence-corrected chi connectivity index (χ4v) is 4.70. The van der Waals surface area contributed by atoms with Gasteiger partial charge in [0.05, 0.1) is 29.9 Å². The van der Waals surface area contributed by atoms with Crippen LogP contribution in [0.3, 0.4) is 0 Å². The number of ether oxygens (including phenoxy) is 1. The predicted octanol–water partition coefficient (Wildman–Crippen LogP) is 4.32. The first-order valence-electron chi connectivity index (χ1n) is 8.42. The molecule has 4 rings (SSSR count). The first-order valence-corrected chi connectivity index (χ1v) is 9.59. The normalized spacial score (nSPS) is 25.2. The van der Waals surface area contributed by atoms with Crippen LogP contribution in [0.2, 0.25) is 5.02 Å². The number of hydrogen-bond donors (Lipinski definition) is 0. The molecule has 2 aliphatic rings. The third kappa shape index (κ3) is 3.06. The van der Waals surface area contributed by atoms with E-state index >= 15 is 0 Å². The lowest BCUT2D eigenvalue weighted by molar-refractivity contribution is 0.0523. The molecule has 0 saturated carbocycles. The molecule has 1 amide bonds. The van der Waals surface area contributed by atoms with Crippen LogP contribution in [0.25, 0.3) is 0 Å². The summed E-state index contributed by atoms with van der Waals surface area (Å²) < 4.78 is 8.04. The van der Waals surface area contributed by atoms with Gasteiger partial charge in [0.2, 0.25) is 0 Å². The summed E-state index contributed by atoms with van der Waals surface area (Å²) in [5.41, 5.74) is 0.664. The Bertz CT molecular complexity index is 795. The number of benzene rings is 1. The molecule has 2 atom stereocenters. The fraction of sp³-hybridized carbons (Fsp3) is 0.444. The number of piperidine rings is 1. The van der Waals surface area contributed by atoms with Gasteiger partial charge in [0.1, 0.15) is 5.75 Å². The molecule has 1 aromatic heterocycles. The standard InChI is InChI=1S/C18H19BrClN3O2/c1-25-15-4-5-17(19)16(8-15)18(24)23-12-2-3-13(23)7-14(6-12)22-10-11(20)9-21-22/h4-5,8-10,12-14H,2-3,6-7H2,1H3. The van der Waals surface area contributed by atoms with E-state index in [-0.39, 0.29) is 18.0 Å². The van der Waals surface area contributed by atoms with Crippen molar-refractivity contribution in [1.29, 1.82) is 0 Å². The number of carbonyl (C=O) groups excluding carboxylic acids is 1. The Morgan fingerprint density at radius 3 is 2.60 bits per heavy atom. The molecule has 0 spiro atoms. The second-order valence-corrected chi connectivity index (χ2v) is 8.00. The van der Waals surface area contributed by atoms with Gasteiger partial charge in [-0.3, -0.25) is 9.48 Å². The molecule has 2 unspecified atom stereocenters. The van der Waals surface area contributed by atoms with E-state index in [2.05, 4.69) is 25.9 Å². The SMILES string of the molecule is COc1ccc(Br)c(C(=O)N2C3CCC2CC(n2cc(Cl)cn2)C3)c1. The van der Waals surface area contributed by atoms with Crippen molar-refractivity contribution in [2.75, 3.05) is 7.11 Å². The van der Waals surface area contributed by atoms with Gasteiger partial charge in [-0.2, -0.15) is 5.10 Å². The topological polar surface area (TPSA) is 47.4 Å². The zero-order valence-corrected chi connectivity index (χ0v) is 16.2. The minimum Gasteiger partial charge on any atom is -0.497 e. The minimum atomic E-state index is 0.0789. The van der Waals surface area contributed by atoms with E-state index in [4.69, 9.17) is 16.3 Å². The number of carbonyl (C=O) groups is 1. The molecule has 5 nitrogen and oxygen atoms in total. The molecule has 132 valence electrons. The summed E-state index contributed by atoms with van der Waals surface area (Å²) >= 11 is 9.51. The van der Waals surface area contributed by atoms with Crippen LogP contribution in [-0.2, 0) is 0 Å². The van der Waals surface area contributed by atoms with Gasteiger partial charge in [0, 0.05) is 22.8 Å². The average Bonchev–Trinajstić information content (AvgIpc) is 3.15. The molecular weight excluding hydrogens is 406 g/mol. The van der Waals surface area contributed by atoms with E-state index in [1.54, 1.807) is 13.3 Å². The second kappa shape index (κ2) is 6.65. The molecule has 25 heavy (non-hydrogen) atoms. The Morgan fingerprint density at radius 1 is 1.28 bits per heavy atom. The van der Waals surface area contributed by atoms with Crippen molar-refractivity contribution in [3.63, 3.8) is 0 Å². The molecular formula is C18H19BrClN3O2. The number of amides is 1. The highest BCUT2D eigenvalue weighted by atomic mass is 79.9. The van der Waals surface area contributed by atoms with Crippen molar-refractivity contribution in [2.24, 2.45) is 0 Å². The third-order valence-corrected chi connectivity index (χ3v) is 6.18. The first kappa shape index (κ1) is 16.9. The van der Waals surface area contributed by atoms with Gasteiger partial charge >= 0.3 is 0 Å². The van der Waals surface area contributed by atoms with Crippen LogP contribution in [0.15, 0.2) is 35.1 Å². The monoisotopic (exact) mass is 423 g/mol. The van der Waals surface area contributed by atoms with E-state index in [1.165, 1.54) is 0 Å². The van der Waals surface area contributed by atoms with Crippen molar-refractivity contribution in [2.45, 2.75) is 43.8 Å². The summed E-state index contributed by atoms with van der Waals surface area (Å²) in [4.78, 5) is 15.3. The van der Waals surface area contributed by atoms with Crippen LogP contribution in [-0.4, -0.2) is 39.8 Å². The minimum absolute atomic E-state index is 0.0789. The van der Waals surface area contributed by atoms with Crippen LogP contribution in [0, 0.1) is 0 Å². The van der Waals surface area contributed by atoms with Gasteiger partial charge < -0.3 is 9.64 Å². The van der Waals surface area contributed by atoms with Crippen LogP contribution in [0.5, 0.6) is 5.75 Å². The molecule has 3 heterocycles. The van der Waals surface area contributed by atoms with Gasteiger partial charge in [0.15, 0.2) is 0 Å². The molecule has 7 heteroatoms. The summed E-state index contributed by atoms with van der Waals surface area (Å²) in [6.07, 6.45) is 7.48. The molecule has 1 aromatic carbocycles. The largest absolute Gasteiger partial charge is 0.497 e. The highest BCUT2D eigenvalue weighted by Gasteiger charge is 2.44. The van der Waals surface area contributed by atoms with E-state index in [0.717, 1.165) is 30.2 Å². The summed E-state index contributed by atoms with van der Waals surface area (Å²) in [6, 6.07) is 6.33. The molecule has 2 aliphatic heterocycles. The first-order chi connectivity index (χ1) is 12.1. The van der Waals surface area contributed by atoms with Crippen molar-refractivity contribution in [1.82, 2.24) is 14.7 Å². The molecule has 0 radical (unpaired) electrons. The highest BCUT2D eigenvalue weighted by molar-refractivity contribution is 9.10. The number of methoxy groups -OCH3 is 1. The maximum absolute atomic E-state index is 13.2. The molecule has 0 N–H and O–H groups in total. The molecule has 2 aromatic rings. The maximum Gasteiger partial charge on any atom is 0.255 e. The van der Waals surface area contributed by atoms with E-state index < -0.39 is 0 Å². The lowest BCUT2D eigenvalue weighted by Gasteiger charge is -2.39. The summed E-state index contributed by atoms with van der Waals surface area (Å²) in [6.45, 7) is 0. The Kier molecular flexibility index (Phi) is 4.50. The highest BCUT2D eigenvalue weighted by Crippen LogP contribution is 2.42. The van der Waals surface area contributed by atoms with E-state index in [9.17, 15) is 4.79 Å². The van der Waals surface area contributed by atoms with Crippen LogP contribution >= 0.6 is 27.5 Å². The quantitative estimate of drug-likeness (QED) is 0.737. The van der Waals surface area contributed by atoms with E-state index in [0.29, 0.717) is 22.4 Å². The summed E-state index contributed by atoms with van der Waals surface area (Å²) in [7, 11) is 1.61. The Balaban J connectivity index is 1.58. The zero-order chi connectivity index (χ0) is 17.6. The molecule has 2 saturated heterocycles. The zero-order valence-electron chi connectivity index (χ0n) is 13.9. The number of rotatable bonds is 3. The Labute approximate surface area is 160 Å². The fourth-order valence-electron chi connectivity index (χ4n) is 4.14. The second-order valence-electron chi connectivity index (χ2n) is 6.71. The van der Waals surface area contributed by atoms with Crippen molar-refractivity contribution in [3.05, 3.63) is 45.7 Å². The van der Waals surface area contributed by atoms with Crippen LogP contribution in [0.4, 0.5) is 0 Å². The van der Waals surface area contributed by atoms with Gasteiger partial charge in [-0.15, -0.1) is 0 Å². The van der Waals surface area contributed by atoms with Gasteiger partial charge in [-0.25, -0.2) is 0 Å². The maximum atomic E-state index is 13.2. The summed E-state index contributed by atoms with van der Waals surface area (Å²) in [5.74, 6) is 0.773. The number of aromatic nitrogens is 2. The molecule has 0 aliphatic carbocycles. The number of fused-ring (bicyclic) bond motifs is 2. The lowest BCUT2D eigenvalue weighted by Crippen LogP contribution is -2.47. The smallest absolute Gasteiger partial charge is 0.255 e. The van der Waals surface area contributed by atoms with Crippen LogP contribution in [0.1, 0.15) is 42.1 Å². The third-order valence-electron chi connectivity index (χ3n) is 5.29. The number of halogens is 2. The van der Waals surface area contributed by atoms with Crippen molar-refractivity contribution < 1.29 is 9.53 Å². The molecule has 2 bridgehead atoms. The Morgan fingerprint density at radius 2 is 2.00 bits per heavy atom. The number of hydrogen-bond acceptors (Lipinski definition) is 3. The number of nitrogens with zero attached hydrogens (tertiary/aromatic N) is 3. The van der Waals surface area contributed by atoms with Crippen LogP contribution < -0.4 is 4.74 Å². The van der Waals surface area contributed by atoms with Gasteiger partial charge in [-0.1, -0.05) is 11.6 Å². The molecule has 2 fully saturated rings. The van der Waals surface area contributed by atoms with Gasteiger partial charge in [0.25, 0.3) is 5.91 Å². The van der Waals surface area contributed by atoms with E-state index in [1.807, 2.05) is 29.1 Å². The van der Waals surface area contributed by atoms with Crippen molar-refractivity contribution >= 4 is 33.4 Å². The van der Waals surface area contributed by atoms with Crippen molar-refractivity contribution in [3.8, 4) is 5.75 Å². The lowest BCUT2D eigenvalue weighted by atomic mass is 9.96. The Hall–Kier alpha value is -1.53. The average molecular weight is 425 g/mol.